The number of hydrogen-bond acceptors (Lipinski definition) is 4. The lowest BCUT2D eigenvalue weighted by molar-refractivity contribution is -0.135. The van der Waals surface area contributed by atoms with Gasteiger partial charge in [0.1, 0.15) is 0 Å². The van der Waals surface area contributed by atoms with Crippen molar-refractivity contribution in [2.45, 2.75) is 13.0 Å². The highest BCUT2D eigenvalue weighted by atomic mass is 16.2. The molecule has 0 saturated carbocycles. The fourth-order valence-corrected chi connectivity index (χ4v) is 4.16. The normalized spacial score (nSPS) is 19.5. The molecule has 2 saturated heterocycles. The zero-order valence-corrected chi connectivity index (χ0v) is 17.6. The van der Waals surface area contributed by atoms with Crippen molar-refractivity contribution in [3.63, 3.8) is 0 Å². The molecule has 7 nitrogen and oxygen atoms in total. The van der Waals surface area contributed by atoms with E-state index in [1.807, 2.05) is 48.5 Å². The molecule has 2 aliphatic heterocycles. The number of benzene rings is 2. The number of anilines is 1. The molecule has 3 amide bonds. The maximum Gasteiger partial charge on any atom is 0.242 e. The van der Waals surface area contributed by atoms with Gasteiger partial charge < -0.3 is 15.1 Å². The van der Waals surface area contributed by atoms with Gasteiger partial charge in [-0.1, -0.05) is 48.5 Å². The van der Waals surface area contributed by atoms with Crippen LogP contribution in [0.1, 0.15) is 12.0 Å². The zero-order chi connectivity index (χ0) is 21.6. The van der Waals surface area contributed by atoms with E-state index in [0.29, 0.717) is 19.6 Å². The first-order valence-corrected chi connectivity index (χ1v) is 10.8. The van der Waals surface area contributed by atoms with Crippen LogP contribution in [0.5, 0.6) is 0 Å². The summed E-state index contributed by atoms with van der Waals surface area (Å²) in [6.07, 6.45) is 0.174. The van der Waals surface area contributed by atoms with E-state index in [2.05, 4.69) is 22.3 Å². The van der Waals surface area contributed by atoms with Crippen molar-refractivity contribution >= 4 is 23.4 Å². The summed E-state index contributed by atoms with van der Waals surface area (Å²) in [6.45, 7) is 4.16. The van der Waals surface area contributed by atoms with E-state index in [-0.39, 0.29) is 30.7 Å². The Labute approximate surface area is 182 Å². The molecule has 0 unspecified atom stereocenters. The summed E-state index contributed by atoms with van der Waals surface area (Å²) in [6, 6.07) is 19.7. The van der Waals surface area contributed by atoms with E-state index < -0.39 is 5.92 Å². The van der Waals surface area contributed by atoms with Crippen LogP contribution in [-0.2, 0) is 20.9 Å². The fraction of sp³-hybridized carbons (Fsp3) is 0.375. The third kappa shape index (κ3) is 5.30. The quantitative estimate of drug-likeness (QED) is 0.769. The number of para-hydroxylation sites is 1. The van der Waals surface area contributed by atoms with Gasteiger partial charge in [0, 0.05) is 51.4 Å². The number of carbonyl (C=O) groups is 3. The highest BCUT2D eigenvalue weighted by molar-refractivity contribution is 6.00. The standard InChI is InChI=1S/C24H28N4O3/c29-22-15-20(18-28(22)21-9-5-2-6-10-21)24(31)25-16-23(30)27-13-11-26(12-14-27)17-19-7-3-1-4-8-19/h1-10,20H,11-18H2,(H,25,31)/t20-/m1/s1. The van der Waals surface area contributed by atoms with Crippen molar-refractivity contribution in [1.29, 1.82) is 0 Å². The molecule has 4 rings (SSSR count). The second-order valence-corrected chi connectivity index (χ2v) is 8.10. The minimum absolute atomic E-state index is 0.0203. The molecule has 0 spiro atoms. The topological polar surface area (TPSA) is 73.0 Å². The molecule has 7 heteroatoms. The van der Waals surface area contributed by atoms with Crippen LogP contribution >= 0.6 is 0 Å². The Morgan fingerprint density at radius 1 is 0.903 bits per heavy atom. The predicted octanol–water partition coefficient (Wildman–Crippen LogP) is 1.50. The lowest BCUT2D eigenvalue weighted by atomic mass is 10.1. The Morgan fingerprint density at radius 2 is 1.55 bits per heavy atom. The summed E-state index contributed by atoms with van der Waals surface area (Å²) in [7, 11) is 0. The third-order valence-electron chi connectivity index (χ3n) is 5.95. The number of nitrogens with one attached hydrogen (secondary N) is 1. The summed E-state index contributed by atoms with van der Waals surface area (Å²) in [4.78, 5) is 43.2. The van der Waals surface area contributed by atoms with E-state index in [0.717, 1.165) is 25.3 Å². The molecule has 2 aromatic carbocycles. The van der Waals surface area contributed by atoms with Crippen molar-refractivity contribution in [3.05, 3.63) is 66.2 Å². The molecule has 2 aliphatic rings. The van der Waals surface area contributed by atoms with Crippen molar-refractivity contribution in [3.8, 4) is 0 Å². The molecule has 0 aliphatic carbocycles. The molecule has 0 bridgehead atoms. The molecule has 2 fully saturated rings. The monoisotopic (exact) mass is 420 g/mol. The molecule has 0 radical (unpaired) electrons. The van der Waals surface area contributed by atoms with Gasteiger partial charge in [-0.3, -0.25) is 19.3 Å². The number of amides is 3. The average molecular weight is 421 g/mol. The van der Waals surface area contributed by atoms with Crippen molar-refractivity contribution in [2.24, 2.45) is 5.92 Å². The lowest BCUT2D eigenvalue weighted by Gasteiger charge is -2.34. The van der Waals surface area contributed by atoms with Gasteiger partial charge in [-0.15, -0.1) is 0 Å². The highest BCUT2D eigenvalue weighted by Crippen LogP contribution is 2.24. The van der Waals surface area contributed by atoms with Gasteiger partial charge in [-0.25, -0.2) is 0 Å². The summed E-state index contributed by atoms with van der Waals surface area (Å²) >= 11 is 0. The summed E-state index contributed by atoms with van der Waals surface area (Å²) in [5.74, 6) is -0.796. The first-order valence-electron chi connectivity index (χ1n) is 10.8. The molecule has 2 heterocycles. The molecular weight excluding hydrogens is 392 g/mol. The second kappa shape index (κ2) is 9.75. The van der Waals surface area contributed by atoms with E-state index in [1.165, 1.54) is 5.56 Å². The Morgan fingerprint density at radius 3 is 2.23 bits per heavy atom. The van der Waals surface area contributed by atoms with Crippen LogP contribution in [0.3, 0.4) is 0 Å². The smallest absolute Gasteiger partial charge is 0.242 e. The number of piperazine rings is 1. The minimum atomic E-state index is -0.428. The van der Waals surface area contributed by atoms with Gasteiger partial charge in [0.25, 0.3) is 0 Å². The van der Waals surface area contributed by atoms with Crippen LogP contribution in [0.15, 0.2) is 60.7 Å². The van der Waals surface area contributed by atoms with Gasteiger partial charge in [0.05, 0.1) is 12.5 Å². The highest BCUT2D eigenvalue weighted by Gasteiger charge is 2.35. The summed E-state index contributed by atoms with van der Waals surface area (Å²) < 4.78 is 0. The molecule has 0 aromatic heterocycles. The van der Waals surface area contributed by atoms with Gasteiger partial charge in [0.2, 0.25) is 17.7 Å². The molecule has 31 heavy (non-hydrogen) atoms. The van der Waals surface area contributed by atoms with Crippen molar-refractivity contribution < 1.29 is 14.4 Å². The number of carbonyl (C=O) groups excluding carboxylic acids is 3. The SMILES string of the molecule is O=C(NCC(=O)N1CCN(Cc2ccccc2)CC1)[C@@H]1CC(=O)N(c2ccccc2)C1. The predicted molar refractivity (Wildman–Crippen MR) is 118 cm³/mol. The van der Waals surface area contributed by atoms with Crippen LogP contribution < -0.4 is 10.2 Å². The summed E-state index contributed by atoms with van der Waals surface area (Å²) in [5, 5.41) is 2.74. The van der Waals surface area contributed by atoms with Gasteiger partial charge in [0.15, 0.2) is 0 Å². The fourth-order valence-electron chi connectivity index (χ4n) is 4.16. The van der Waals surface area contributed by atoms with Crippen LogP contribution in [0.2, 0.25) is 0 Å². The molecule has 2 aromatic rings. The Hall–Kier alpha value is -3.19. The Balaban J connectivity index is 1.20. The average Bonchev–Trinajstić information content (AvgIpc) is 3.21. The maximum atomic E-state index is 12.5. The number of rotatable bonds is 6. The van der Waals surface area contributed by atoms with Gasteiger partial charge >= 0.3 is 0 Å². The zero-order valence-electron chi connectivity index (χ0n) is 17.6. The molecular formula is C24H28N4O3. The molecule has 1 N–H and O–H groups in total. The van der Waals surface area contributed by atoms with Gasteiger partial charge in [-0.2, -0.15) is 0 Å². The van der Waals surface area contributed by atoms with E-state index in [9.17, 15) is 14.4 Å². The second-order valence-electron chi connectivity index (χ2n) is 8.10. The lowest BCUT2D eigenvalue weighted by Crippen LogP contribution is -2.51. The third-order valence-corrected chi connectivity index (χ3v) is 5.95. The number of nitrogens with zero attached hydrogens (tertiary/aromatic N) is 3. The van der Waals surface area contributed by atoms with Crippen LogP contribution in [0, 0.1) is 5.92 Å². The largest absolute Gasteiger partial charge is 0.347 e. The van der Waals surface area contributed by atoms with Crippen LogP contribution in [-0.4, -0.2) is 66.8 Å². The summed E-state index contributed by atoms with van der Waals surface area (Å²) in [5.41, 5.74) is 2.07. The minimum Gasteiger partial charge on any atom is -0.347 e. The number of hydrogen-bond donors (Lipinski definition) is 1. The first-order chi connectivity index (χ1) is 15.1. The van der Waals surface area contributed by atoms with Crippen molar-refractivity contribution in [2.75, 3.05) is 44.2 Å². The molecule has 1 atom stereocenters. The van der Waals surface area contributed by atoms with E-state index >= 15 is 0 Å². The maximum absolute atomic E-state index is 12.5. The molecule has 162 valence electrons. The van der Waals surface area contributed by atoms with E-state index in [1.54, 1.807) is 9.80 Å². The Bertz CT molecular complexity index is 911. The van der Waals surface area contributed by atoms with Crippen molar-refractivity contribution in [1.82, 2.24) is 15.1 Å². The van der Waals surface area contributed by atoms with Crippen LogP contribution in [0.4, 0.5) is 5.69 Å². The van der Waals surface area contributed by atoms with E-state index in [4.69, 9.17) is 0 Å². The van der Waals surface area contributed by atoms with Crippen LogP contribution in [0.25, 0.3) is 0 Å². The Kier molecular flexibility index (Phi) is 6.62. The van der Waals surface area contributed by atoms with Gasteiger partial charge in [-0.05, 0) is 17.7 Å². The first kappa shape index (κ1) is 21.1.